The van der Waals surface area contributed by atoms with Gasteiger partial charge >= 0.3 is 0 Å². The number of halogens is 1. The zero-order valence-corrected chi connectivity index (χ0v) is 16.6. The Hall–Kier alpha value is -2.51. The molecule has 0 bridgehead atoms. The number of aliphatic hydroxyl groups is 1. The molecule has 2 N–H and O–H groups in total. The Balaban J connectivity index is 1.52. The fourth-order valence-corrected chi connectivity index (χ4v) is 4.89. The molecule has 0 radical (unpaired) electrons. The Morgan fingerprint density at radius 3 is 2.52 bits per heavy atom. The van der Waals surface area contributed by atoms with Crippen molar-refractivity contribution in [2.45, 2.75) is 11.0 Å². The number of piperazine rings is 1. The van der Waals surface area contributed by atoms with Gasteiger partial charge in [-0.3, -0.25) is 0 Å². The van der Waals surface area contributed by atoms with Crippen molar-refractivity contribution in [2.24, 2.45) is 0 Å². The number of nitriles is 1. The predicted octanol–water partition coefficient (Wildman–Crippen LogP) is 0.0265. The summed E-state index contributed by atoms with van der Waals surface area (Å²) in [6.07, 6.45) is -0.799. The van der Waals surface area contributed by atoms with Crippen LogP contribution in [0.25, 0.3) is 0 Å². The van der Waals surface area contributed by atoms with Crippen LogP contribution in [0.4, 0.5) is 4.39 Å². The maximum absolute atomic E-state index is 13.6. The van der Waals surface area contributed by atoms with Crippen molar-refractivity contribution in [2.75, 3.05) is 39.3 Å². The normalized spacial score (nSPS) is 16.9. The van der Waals surface area contributed by atoms with E-state index in [-0.39, 0.29) is 22.8 Å². The van der Waals surface area contributed by atoms with Gasteiger partial charge in [0.25, 0.3) is 0 Å². The van der Waals surface area contributed by atoms with Gasteiger partial charge < -0.3 is 14.7 Å². The molecule has 0 saturated carbocycles. The monoisotopic (exact) mass is 420 g/mol. The number of hydrogen-bond acceptors (Lipinski definition) is 5. The van der Waals surface area contributed by atoms with Gasteiger partial charge in [-0.15, -0.1) is 0 Å². The number of sulfonamides is 1. The maximum atomic E-state index is 13.6. The van der Waals surface area contributed by atoms with Crippen LogP contribution in [0.15, 0.2) is 53.4 Å². The average molecular weight is 420 g/mol. The smallest absolute Gasteiger partial charge is 0.244 e. The molecule has 1 saturated heterocycles. The molecule has 2 aromatic rings. The molecular formula is C20H23FN3O4S+. The summed E-state index contributed by atoms with van der Waals surface area (Å²) in [5.41, 5.74) is 0.128. The first-order chi connectivity index (χ1) is 13.9. The number of hydrogen-bond donors (Lipinski definition) is 2. The minimum Gasteiger partial charge on any atom is -0.488 e. The Morgan fingerprint density at radius 1 is 1.17 bits per heavy atom. The average Bonchev–Trinajstić information content (AvgIpc) is 2.73. The molecule has 9 heteroatoms. The van der Waals surface area contributed by atoms with Gasteiger partial charge in [0.05, 0.1) is 36.6 Å². The summed E-state index contributed by atoms with van der Waals surface area (Å²) < 4.78 is 45.9. The number of nitrogens with one attached hydrogen (secondary N) is 1. The zero-order chi connectivity index (χ0) is 20.9. The Labute approximate surface area is 169 Å². The van der Waals surface area contributed by atoms with Crippen molar-refractivity contribution in [1.29, 1.82) is 5.26 Å². The Kier molecular flexibility index (Phi) is 6.82. The van der Waals surface area contributed by atoms with Crippen LogP contribution in [0.5, 0.6) is 5.75 Å². The maximum Gasteiger partial charge on any atom is 0.244 e. The van der Waals surface area contributed by atoms with E-state index in [1.54, 1.807) is 24.3 Å². The topological polar surface area (TPSA) is 95.1 Å². The van der Waals surface area contributed by atoms with Gasteiger partial charge in [0, 0.05) is 0 Å². The van der Waals surface area contributed by atoms with Crippen LogP contribution < -0.4 is 9.64 Å². The zero-order valence-electron chi connectivity index (χ0n) is 15.8. The SMILES string of the molecule is N#Cc1ccccc1S(=O)(=O)N1CC[NH+](C[C@@H](O)COc2ccccc2F)CC1. The van der Waals surface area contributed by atoms with Gasteiger partial charge in [0.15, 0.2) is 11.6 Å². The molecule has 0 amide bonds. The summed E-state index contributed by atoms with van der Waals surface area (Å²) >= 11 is 0. The van der Waals surface area contributed by atoms with Crippen LogP contribution in [0.3, 0.4) is 0 Å². The number of rotatable bonds is 7. The molecule has 0 aliphatic carbocycles. The van der Waals surface area contributed by atoms with E-state index in [2.05, 4.69) is 0 Å². The first-order valence-electron chi connectivity index (χ1n) is 9.30. The molecule has 29 heavy (non-hydrogen) atoms. The first-order valence-corrected chi connectivity index (χ1v) is 10.7. The molecule has 0 unspecified atom stereocenters. The van der Waals surface area contributed by atoms with Gasteiger partial charge in [0.2, 0.25) is 10.0 Å². The summed E-state index contributed by atoms with van der Waals surface area (Å²) in [4.78, 5) is 1.05. The number of aliphatic hydroxyl groups excluding tert-OH is 1. The van der Waals surface area contributed by atoms with E-state index < -0.39 is 21.9 Å². The summed E-state index contributed by atoms with van der Waals surface area (Å²) in [5, 5.41) is 19.4. The van der Waals surface area contributed by atoms with Crippen molar-refractivity contribution in [3.8, 4) is 11.8 Å². The summed E-state index contributed by atoms with van der Waals surface area (Å²) in [7, 11) is -3.74. The van der Waals surface area contributed by atoms with Gasteiger partial charge in [-0.05, 0) is 24.3 Å². The second-order valence-electron chi connectivity index (χ2n) is 6.86. The fraction of sp³-hybridized carbons (Fsp3) is 0.350. The number of quaternary nitrogens is 1. The molecule has 1 aliphatic rings. The number of ether oxygens (including phenoxy) is 1. The molecule has 2 aromatic carbocycles. The summed E-state index contributed by atoms with van der Waals surface area (Å²) in [5.74, 6) is -0.392. The van der Waals surface area contributed by atoms with Gasteiger partial charge in [-0.1, -0.05) is 24.3 Å². The second-order valence-corrected chi connectivity index (χ2v) is 8.77. The van der Waals surface area contributed by atoms with Crippen LogP contribution in [0.2, 0.25) is 0 Å². The van der Waals surface area contributed by atoms with Gasteiger partial charge in [0.1, 0.15) is 25.3 Å². The van der Waals surface area contributed by atoms with E-state index in [1.165, 1.54) is 28.6 Å². The van der Waals surface area contributed by atoms with Crippen LogP contribution >= 0.6 is 0 Å². The predicted molar refractivity (Wildman–Crippen MR) is 103 cm³/mol. The lowest BCUT2D eigenvalue weighted by molar-refractivity contribution is -0.906. The highest BCUT2D eigenvalue weighted by molar-refractivity contribution is 7.89. The number of benzene rings is 2. The standard InChI is InChI=1S/C20H22FN3O4S/c21-18-6-2-3-7-19(18)28-15-17(25)14-23-9-11-24(12-10-23)29(26,27)20-8-4-1-5-16(20)13-22/h1-8,17,25H,9-12,14-15H2/p+1/t17-/m1/s1. The van der Waals surface area contributed by atoms with Crippen molar-refractivity contribution in [3.63, 3.8) is 0 Å². The molecule has 1 aliphatic heterocycles. The molecule has 1 atom stereocenters. The first kappa shape index (κ1) is 21.2. The third-order valence-corrected chi connectivity index (χ3v) is 6.80. The van der Waals surface area contributed by atoms with E-state index in [0.717, 1.165) is 4.90 Å². The van der Waals surface area contributed by atoms with E-state index >= 15 is 0 Å². The molecular weight excluding hydrogens is 397 g/mol. The van der Waals surface area contributed by atoms with Crippen molar-refractivity contribution in [3.05, 3.63) is 59.9 Å². The highest BCUT2D eigenvalue weighted by atomic mass is 32.2. The van der Waals surface area contributed by atoms with E-state index in [1.807, 2.05) is 6.07 Å². The van der Waals surface area contributed by atoms with E-state index in [4.69, 9.17) is 4.74 Å². The fourth-order valence-electron chi connectivity index (χ4n) is 3.31. The lowest BCUT2D eigenvalue weighted by atomic mass is 10.2. The van der Waals surface area contributed by atoms with Gasteiger partial charge in [-0.2, -0.15) is 9.57 Å². The van der Waals surface area contributed by atoms with Crippen LogP contribution in [-0.4, -0.2) is 63.3 Å². The third-order valence-electron chi connectivity index (χ3n) is 4.85. The summed E-state index contributed by atoms with van der Waals surface area (Å²) in [6.45, 7) is 1.95. The quantitative estimate of drug-likeness (QED) is 0.659. The minimum absolute atomic E-state index is 0.0178. The van der Waals surface area contributed by atoms with Crippen molar-refractivity contribution in [1.82, 2.24) is 4.31 Å². The molecule has 154 valence electrons. The van der Waals surface area contributed by atoms with Crippen LogP contribution in [0.1, 0.15) is 5.56 Å². The molecule has 1 fully saturated rings. The molecule has 0 aromatic heterocycles. The van der Waals surface area contributed by atoms with Crippen molar-refractivity contribution >= 4 is 10.0 Å². The third kappa shape index (κ3) is 5.10. The highest BCUT2D eigenvalue weighted by Gasteiger charge is 2.32. The Bertz CT molecular complexity index is 985. The molecule has 3 rings (SSSR count). The van der Waals surface area contributed by atoms with Gasteiger partial charge in [-0.25, -0.2) is 12.8 Å². The van der Waals surface area contributed by atoms with Crippen LogP contribution in [-0.2, 0) is 10.0 Å². The van der Waals surface area contributed by atoms with E-state index in [0.29, 0.717) is 32.7 Å². The second kappa shape index (κ2) is 9.33. The molecule has 1 heterocycles. The minimum atomic E-state index is -3.74. The Morgan fingerprint density at radius 2 is 1.83 bits per heavy atom. The summed E-state index contributed by atoms with van der Waals surface area (Å²) in [6, 6.07) is 14.1. The molecule has 0 spiro atoms. The van der Waals surface area contributed by atoms with Crippen LogP contribution in [0, 0.1) is 17.1 Å². The van der Waals surface area contributed by atoms with Crippen molar-refractivity contribution < 1.29 is 27.6 Å². The molecule has 7 nitrogen and oxygen atoms in total. The lowest BCUT2D eigenvalue weighted by Gasteiger charge is -2.32. The van der Waals surface area contributed by atoms with E-state index in [9.17, 15) is 23.2 Å². The lowest BCUT2D eigenvalue weighted by Crippen LogP contribution is -3.15. The largest absolute Gasteiger partial charge is 0.488 e. The number of nitrogens with zero attached hydrogens (tertiary/aromatic N) is 2. The highest BCUT2D eigenvalue weighted by Crippen LogP contribution is 2.19. The number of para-hydroxylation sites is 1.